The summed E-state index contributed by atoms with van der Waals surface area (Å²) in [6, 6.07) is 4.02. The molecule has 3 heterocycles. The summed E-state index contributed by atoms with van der Waals surface area (Å²) in [5, 5.41) is 9.77. The van der Waals surface area contributed by atoms with E-state index in [0.717, 1.165) is 10.5 Å². The van der Waals surface area contributed by atoms with Gasteiger partial charge in [-0.2, -0.15) is 5.10 Å². The lowest BCUT2D eigenvalue weighted by Crippen LogP contribution is -2.54. The van der Waals surface area contributed by atoms with Crippen LogP contribution in [0.5, 0.6) is 0 Å². The summed E-state index contributed by atoms with van der Waals surface area (Å²) in [4.78, 5) is 50.6. The molecule has 30 heavy (non-hydrogen) atoms. The van der Waals surface area contributed by atoms with Gasteiger partial charge in [0.2, 0.25) is 11.8 Å². The molecule has 0 saturated carbocycles. The average molecular weight is 409 g/mol. The molecule has 1 saturated heterocycles. The third-order valence-corrected chi connectivity index (χ3v) is 5.27. The summed E-state index contributed by atoms with van der Waals surface area (Å²) >= 11 is 0. The Labute approximate surface area is 173 Å². The van der Waals surface area contributed by atoms with E-state index in [1.54, 1.807) is 24.4 Å². The van der Waals surface area contributed by atoms with Crippen molar-refractivity contribution in [2.24, 2.45) is 0 Å². The summed E-state index contributed by atoms with van der Waals surface area (Å²) in [5.41, 5.74) is 1.80. The van der Waals surface area contributed by atoms with Crippen molar-refractivity contribution < 1.29 is 19.2 Å². The molecule has 4 rings (SSSR count). The normalized spacial score (nSPS) is 19.2. The summed E-state index contributed by atoms with van der Waals surface area (Å²) < 4.78 is 1.86. The smallest absolute Gasteiger partial charge is 0.264 e. The molecule has 4 amide bonds. The van der Waals surface area contributed by atoms with E-state index in [9.17, 15) is 19.2 Å². The van der Waals surface area contributed by atoms with Gasteiger partial charge in [-0.25, -0.2) is 0 Å². The van der Waals surface area contributed by atoms with E-state index in [1.807, 2.05) is 10.9 Å². The number of hydrogen-bond acceptors (Lipinski definition) is 6. The van der Waals surface area contributed by atoms with E-state index in [4.69, 9.17) is 0 Å². The first-order chi connectivity index (χ1) is 14.2. The van der Waals surface area contributed by atoms with Crippen LogP contribution in [0.3, 0.4) is 0 Å². The average Bonchev–Trinajstić information content (AvgIpc) is 3.25. The van der Waals surface area contributed by atoms with Gasteiger partial charge >= 0.3 is 0 Å². The van der Waals surface area contributed by atoms with E-state index < -0.39 is 29.7 Å². The van der Waals surface area contributed by atoms with Gasteiger partial charge in [0, 0.05) is 30.4 Å². The molecule has 156 valence electrons. The Morgan fingerprint density at radius 2 is 1.93 bits per heavy atom. The highest BCUT2D eigenvalue weighted by Gasteiger charge is 2.45. The maximum absolute atomic E-state index is 13.1. The molecule has 2 aliphatic rings. The number of hydrogen-bond donors (Lipinski definition) is 2. The molecule has 1 aromatic heterocycles. The first-order valence-electron chi connectivity index (χ1n) is 9.79. The Bertz CT molecular complexity index is 1070. The fraction of sp³-hybridized carbons (Fsp3) is 0.381. The largest absolute Gasteiger partial charge is 0.380 e. The number of nitrogens with one attached hydrogen (secondary N) is 2. The standard InChI is InChI=1S/C21H23N5O4/c1-21(2,3)25-11-12(10-23-25)9-22-14-6-4-5-13-17(14)20(30)26(19(13)29)15-7-8-16(27)24-18(15)28/h4-6,10-11,15,22H,7-9H2,1-3H3,(H,24,27,28). The summed E-state index contributed by atoms with van der Waals surface area (Å²) in [6.45, 7) is 6.58. The molecule has 9 nitrogen and oxygen atoms in total. The molecule has 2 aromatic rings. The van der Waals surface area contributed by atoms with Crippen LogP contribution in [0, 0.1) is 0 Å². The topological polar surface area (TPSA) is 113 Å². The number of amides is 4. The first kappa shape index (κ1) is 19.8. The fourth-order valence-electron chi connectivity index (χ4n) is 3.68. The van der Waals surface area contributed by atoms with E-state index in [2.05, 4.69) is 36.5 Å². The third kappa shape index (κ3) is 3.36. The fourth-order valence-corrected chi connectivity index (χ4v) is 3.68. The van der Waals surface area contributed by atoms with Crippen molar-refractivity contribution in [3.63, 3.8) is 0 Å². The molecule has 1 atom stereocenters. The van der Waals surface area contributed by atoms with Crippen molar-refractivity contribution in [3.8, 4) is 0 Å². The van der Waals surface area contributed by atoms with Crippen LogP contribution in [0.2, 0.25) is 0 Å². The molecule has 2 aliphatic heterocycles. The molecule has 1 unspecified atom stereocenters. The first-order valence-corrected chi connectivity index (χ1v) is 9.79. The van der Waals surface area contributed by atoms with Gasteiger partial charge in [0.1, 0.15) is 6.04 Å². The van der Waals surface area contributed by atoms with Crippen LogP contribution >= 0.6 is 0 Å². The highest BCUT2D eigenvalue weighted by Crippen LogP contribution is 2.32. The monoisotopic (exact) mass is 409 g/mol. The van der Waals surface area contributed by atoms with Crippen LogP contribution in [0.25, 0.3) is 0 Å². The van der Waals surface area contributed by atoms with E-state index >= 15 is 0 Å². The number of rotatable bonds is 4. The van der Waals surface area contributed by atoms with Gasteiger partial charge in [-0.15, -0.1) is 0 Å². The molecule has 1 fully saturated rings. The number of benzene rings is 1. The van der Waals surface area contributed by atoms with E-state index in [0.29, 0.717) is 12.2 Å². The van der Waals surface area contributed by atoms with Crippen molar-refractivity contribution in [1.82, 2.24) is 20.0 Å². The summed E-state index contributed by atoms with van der Waals surface area (Å²) in [5.74, 6) is -2.07. The van der Waals surface area contributed by atoms with Crippen LogP contribution in [-0.4, -0.2) is 44.4 Å². The zero-order chi connectivity index (χ0) is 21.6. The number of anilines is 1. The molecule has 0 aliphatic carbocycles. The van der Waals surface area contributed by atoms with Crippen LogP contribution in [0.15, 0.2) is 30.6 Å². The molecular formula is C21H23N5O4. The third-order valence-electron chi connectivity index (χ3n) is 5.27. The Morgan fingerprint density at radius 3 is 2.60 bits per heavy atom. The molecule has 2 N–H and O–H groups in total. The van der Waals surface area contributed by atoms with Gasteiger partial charge in [0.05, 0.1) is 22.9 Å². The van der Waals surface area contributed by atoms with Crippen molar-refractivity contribution >= 4 is 29.3 Å². The van der Waals surface area contributed by atoms with Gasteiger partial charge in [0.25, 0.3) is 11.8 Å². The number of carbonyl (C=O) groups is 4. The van der Waals surface area contributed by atoms with Gasteiger partial charge in [-0.1, -0.05) is 6.07 Å². The van der Waals surface area contributed by atoms with Crippen molar-refractivity contribution in [1.29, 1.82) is 0 Å². The van der Waals surface area contributed by atoms with E-state index in [1.165, 1.54) is 0 Å². The maximum Gasteiger partial charge on any atom is 0.264 e. The minimum atomic E-state index is -0.979. The van der Waals surface area contributed by atoms with Gasteiger partial charge in [-0.05, 0) is 39.3 Å². The Kier molecular flexibility index (Phi) is 4.68. The quantitative estimate of drug-likeness (QED) is 0.743. The van der Waals surface area contributed by atoms with Crippen LogP contribution < -0.4 is 10.6 Å². The van der Waals surface area contributed by atoms with Crippen LogP contribution in [0.1, 0.15) is 59.9 Å². The Morgan fingerprint density at radius 1 is 1.17 bits per heavy atom. The lowest BCUT2D eigenvalue weighted by molar-refractivity contribution is -0.136. The Hall–Kier alpha value is -3.49. The summed E-state index contributed by atoms with van der Waals surface area (Å²) in [6.07, 6.45) is 3.90. The molecular weight excluding hydrogens is 386 g/mol. The Balaban J connectivity index is 1.57. The minimum Gasteiger partial charge on any atom is -0.380 e. The highest BCUT2D eigenvalue weighted by atomic mass is 16.2. The van der Waals surface area contributed by atoms with Crippen molar-refractivity contribution in [3.05, 3.63) is 47.3 Å². The van der Waals surface area contributed by atoms with Gasteiger partial charge in [-0.3, -0.25) is 34.1 Å². The van der Waals surface area contributed by atoms with Crippen LogP contribution in [-0.2, 0) is 21.7 Å². The molecule has 1 aromatic carbocycles. The second kappa shape index (κ2) is 7.08. The predicted molar refractivity (Wildman–Crippen MR) is 108 cm³/mol. The molecule has 0 bridgehead atoms. The van der Waals surface area contributed by atoms with Crippen molar-refractivity contribution in [2.75, 3.05) is 5.32 Å². The number of carbonyl (C=O) groups excluding carboxylic acids is 4. The molecule has 0 spiro atoms. The minimum absolute atomic E-state index is 0.0900. The SMILES string of the molecule is CC(C)(C)n1cc(CNc2cccc3c2C(=O)N(C2CCC(=O)NC2=O)C3=O)cn1. The van der Waals surface area contributed by atoms with E-state index in [-0.39, 0.29) is 29.5 Å². The van der Waals surface area contributed by atoms with Crippen molar-refractivity contribution in [2.45, 2.75) is 51.7 Å². The maximum atomic E-state index is 13.1. The number of fused-ring (bicyclic) bond motifs is 1. The number of imide groups is 2. The van der Waals surface area contributed by atoms with Gasteiger partial charge < -0.3 is 5.32 Å². The predicted octanol–water partition coefficient (Wildman–Crippen LogP) is 1.65. The second-order valence-corrected chi connectivity index (χ2v) is 8.49. The van der Waals surface area contributed by atoms with Gasteiger partial charge in [0.15, 0.2) is 0 Å². The second-order valence-electron chi connectivity index (χ2n) is 8.49. The molecule has 0 radical (unpaired) electrons. The highest BCUT2D eigenvalue weighted by molar-refractivity contribution is 6.25. The zero-order valence-corrected chi connectivity index (χ0v) is 17.1. The zero-order valence-electron chi connectivity index (χ0n) is 17.1. The lowest BCUT2D eigenvalue weighted by atomic mass is 10.0. The number of nitrogens with zero attached hydrogens (tertiary/aromatic N) is 3. The number of aromatic nitrogens is 2. The summed E-state index contributed by atoms with van der Waals surface area (Å²) in [7, 11) is 0. The lowest BCUT2D eigenvalue weighted by Gasteiger charge is -2.27. The number of piperidine rings is 1. The molecule has 9 heteroatoms. The van der Waals surface area contributed by atoms with Crippen LogP contribution in [0.4, 0.5) is 5.69 Å².